The third kappa shape index (κ3) is 6.27. The maximum absolute atomic E-state index is 11.5. The summed E-state index contributed by atoms with van der Waals surface area (Å²) in [4.78, 5) is 3.04. The van der Waals surface area contributed by atoms with Crippen LogP contribution in [0.1, 0.15) is 45.1 Å². The van der Waals surface area contributed by atoms with Crippen molar-refractivity contribution in [2.24, 2.45) is 11.8 Å². The van der Waals surface area contributed by atoms with Crippen LogP contribution in [-0.4, -0.2) is 39.2 Å². The molecule has 2 rings (SSSR count). The monoisotopic (exact) mass is 337 g/mol. The molecule has 23 heavy (non-hydrogen) atoms. The third-order valence-electron chi connectivity index (χ3n) is 4.82. The summed E-state index contributed by atoms with van der Waals surface area (Å²) >= 11 is 0. The SMILES string of the molecule is CC(C)CCN1CCCC(CCc2ccc(S(C)(=O)=O)cc2)C1. The molecule has 0 spiro atoms. The average molecular weight is 338 g/mol. The smallest absolute Gasteiger partial charge is 0.175 e. The van der Waals surface area contributed by atoms with Crippen molar-refractivity contribution < 1.29 is 8.42 Å². The van der Waals surface area contributed by atoms with Crippen LogP contribution in [0.5, 0.6) is 0 Å². The van der Waals surface area contributed by atoms with Crippen LogP contribution in [0.2, 0.25) is 0 Å². The summed E-state index contributed by atoms with van der Waals surface area (Å²) in [6.07, 6.45) is 7.45. The van der Waals surface area contributed by atoms with Crippen molar-refractivity contribution >= 4 is 9.84 Å². The molecule has 1 fully saturated rings. The predicted molar refractivity (Wildman–Crippen MR) is 96.5 cm³/mol. The van der Waals surface area contributed by atoms with Gasteiger partial charge in [-0.15, -0.1) is 0 Å². The van der Waals surface area contributed by atoms with Gasteiger partial charge in [0.1, 0.15) is 0 Å². The van der Waals surface area contributed by atoms with Gasteiger partial charge in [0.05, 0.1) is 4.90 Å². The highest BCUT2D eigenvalue weighted by molar-refractivity contribution is 7.90. The van der Waals surface area contributed by atoms with Crippen LogP contribution in [0.25, 0.3) is 0 Å². The van der Waals surface area contributed by atoms with E-state index >= 15 is 0 Å². The minimum absolute atomic E-state index is 0.416. The van der Waals surface area contributed by atoms with Gasteiger partial charge in [0.25, 0.3) is 0 Å². The van der Waals surface area contributed by atoms with Crippen molar-refractivity contribution in [3.8, 4) is 0 Å². The largest absolute Gasteiger partial charge is 0.303 e. The highest BCUT2D eigenvalue weighted by Crippen LogP contribution is 2.22. The Morgan fingerprint density at radius 1 is 1.22 bits per heavy atom. The highest BCUT2D eigenvalue weighted by atomic mass is 32.2. The lowest BCUT2D eigenvalue weighted by molar-refractivity contribution is 0.162. The summed E-state index contributed by atoms with van der Waals surface area (Å²) in [6, 6.07) is 7.41. The predicted octanol–water partition coefficient (Wildman–Crippen LogP) is 3.78. The molecule has 0 saturated carbocycles. The summed E-state index contributed by atoms with van der Waals surface area (Å²) < 4.78 is 23.0. The van der Waals surface area contributed by atoms with Crippen molar-refractivity contribution in [3.05, 3.63) is 29.8 Å². The second-order valence-electron chi connectivity index (χ2n) is 7.45. The normalized spacial score (nSPS) is 20.1. The van der Waals surface area contributed by atoms with Gasteiger partial charge in [0.2, 0.25) is 0 Å². The molecule has 0 aromatic heterocycles. The fourth-order valence-corrected chi connectivity index (χ4v) is 3.94. The first-order valence-electron chi connectivity index (χ1n) is 8.86. The fourth-order valence-electron chi connectivity index (χ4n) is 3.30. The number of rotatable bonds is 7. The number of hydrogen-bond donors (Lipinski definition) is 0. The Morgan fingerprint density at radius 2 is 1.91 bits per heavy atom. The first-order chi connectivity index (χ1) is 10.8. The number of aryl methyl sites for hydroxylation is 1. The van der Waals surface area contributed by atoms with E-state index in [2.05, 4.69) is 18.7 Å². The Balaban J connectivity index is 1.81. The van der Waals surface area contributed by atoms with E-state index in [0.717, 1.165) is 18.3 Å². The average Bonchev–Trinajstić information content (AvgIpc) is 2.51. The lowest BCUT2D eigenvalue weighted by atomic mass is 9.91. The van der Waals surface area contributed by atoms with E-state index in [4.69, 9.17) is 0 Å². The molecule has 1 aromatic rings. The number of likely N-dealkylation sites (tertiary alicyclic amines) is 1. The Bertz CT molecular complexity index is 578. The van der Waals surface area contributed by atoms with Crippen LogP contribution in [0, 0.1) is 11.8 Å². The maximum Gasteiger partial charge on any atom is 0.175 e. The van der Waals surface area contributed by atoms with E-state index < -0.39 is 9.84 Å². The number of piperidine rings is 1. The standard InChI is InChI=1S/C19H31NO2S/c1-16(2)12-14-20-13-4-5-18(15-20)7-6-17-8-10-19(11-9-17)23(3,21)22/h8-11,16,18H,4-7,12-15H2,1-3H3. The summed E-state index contributed by atoms with van der Waals surface area (Å²) in [6.45, 7) is 8.31. The number of hydrogen-bond acceptors (Lipinski definition) is 3. The molecule has 1 aromatic carbocycles. The van der Waals surface area contributed by atoms with Gasteiger partial charge in [0.15, 0.2) is 9.84 Å². The molecule has 1 aliphatic heterocycles. The van der Waals surface area contributed by atoms with Gasteiger partial charge >= 0.3 is 0 Å². The third-order valence-corrected chi connectivity index (χ3v) is 5.95. The van der Waals surface area contributed by atoms with Gasteiger partial charge < -0.3 is 4.90 Å². The van der Waals surface area contributed by atoms with E-state index in [1.165, 1.54) is 57.1 Å². The van der Waals surface area contributed by atoms with Crippen molar-refractivity contribution in [3.63, 3.8) is 0 Å². The first kappa shape index (κ1) is 18.5. The Labute approximate surface area is 142 Å². The van der Waals surface area contributed by atoms with E-state index in [-0.39, 0.29) is 0 Å². The van der Waals surface area contributed by atoms with Gasteiger partial charge in [-0.25, -0.2) is 8.42 Å². The quantitative estimate of drug-likeness (QED) is 0.760. The van der Waals surface area contributed by atoms with Crippen LogP contribution in [0.4, 0.5) is 0 Å². The zero-order valence-corrected chi connectivity index (χ0v) is 15.6. The Morgan fingerprint density at radius 3 is 2.52 bits per heavy atom. The molecule has 1 aliphatic rings. The minimum Gasteiger partial charge on any atom is -0.303 e. The van der Waals surface area contributed by atoms with Crippen LogP contribution >= 0.6 is 0 Å². The van der Waals surface area contributed by atoms with Crippen molar-refractivity contribution in [1.82, 2.24) is 4.90 Å². The lowest BCUT2D eigenvalue weighted by Gasteiger charge is -2.33. The van der Waals surface area contributed by atoms with Crippen molar-refractivity contribution in [2.45, 2.75) is 50.8 Å². The van der Waals surface area contributed by atoms with E-state index in [9.17, 15) is 8.42 Å². The second-order valence-corrected chi connectivity index (χ2v) is 9.46. The molecule has 1 heterocycles. The highest BCUT2D eigenvalue weighted by Gasteiger charge is 2.19. The van der Waals surface area contributed by atoms with Crippen molar-refractivity contribution in [2.75, 3.05) is 25.9 Å². The van der Waals surface area contributed by atoms with Gasteiger partial charge in [-0.1, -0.05) is 26.0 Å². The first-order valence-corrected chi connectivity index (χ1v) is 10.7. The van der Waals surface area contributed by atoms with Crippen LogP contribution in [-0.2, 0) is 16.3 Å². The summed E-state index contributed by atoms with van der Waals surface area (Å²) in [5.74, 6) is 1.56. The second kappa shape index (κ2) is 8.29. The topological polar surface area (TPSA) is 37.4 Å². The maximum atomic E-state index is 11.5. The van der Waals surface area contributed by atoms with E-state index in [1.54, 1.807) is 12.1 Å². The van der Waals surface area contributed by atoms with Crippen molar-refractivity contribution in [1.29, 1.82) is 0 Å². The van der Waals surface area contributed by atoms with Crippen LogP contribution < -0.4 is 0 Å². The van der Waals surface area contributed by atoms with Gasteiger partial charge in [-0.2, -0.15) is 0 Å². The van der Waals surface area contributed by atoms with Crippen LogP contribution in [0.3, 0.4) is 0 Å². The van der Waals surface area contributed by atoms with E-state index in [1.807, 2.05) is 12.1 Å². The molecule has 4 heteroatoms. The fraction of sp³-hybridized carbons (Fsp3) is 0.684. The molecule has 1 atom stereocenters. The molecule has 1 unspecified atom stereocenters. The summed E-state index contributed by atoms with van der Waals surface area (Å²) in [7, 11) is -3.08. The van der Waals surface area contributed by atoms with Gasteiger partial charge in [0, 0.05) is 12.8 Å². The number of benzene rings is 1. The van der Waals surface area contributed by atoms with Gasteiger partial charge in [-0.05, 0) is 74.7 Å². The molecule has 3 nitrogen and oxygen atoms in total. The number of sulfone groups is 1. The van der Waals surface area contributed by atoms with E-state index in [0.29, 0.717) is 4.90 Å². The molecule has 0 bridgehead atoms. The zero-order chi connectivity index (χ0) is 16.9. The summed E-state index contributed by atoms with van der Waals surface area (Å²) in [5, 5.41) is 0. The molecule has 1 saturated heterocycles. The Kier molecular flexibility index (Phi) is 6.66. The van der Waals surface area contributed by atoms with Crippen LogP contribution in [0.15, 0.2) is 29.2 Å². The molecule has 0 amide bonds. The summed E-state index contributed by atoms with van der Waals surface area (Å²) in [5.41, 5.74) is 1.25. The zero-order valence-electron chi connectivity index (χ0n) is 14.8. The molecular formula is C19H31NO2S. The molecular weight excluding hydrogens is 306 g/mol. The van der Waals surface area contributed by atoms with Gasteiger partial charge in [-0.3, -0.25) is 0 Å². The Hall–Kier alpha value is -0.870. The molecule has 130 valence electrons. The molecule has 0 radical (unpaired) electrons. The lowest BCUT2D eigenvalue weighted by Crippen LogP contribution is -2.36. The number of nitrogens with zero attached hydrogens (tertiary/aromatic N) is 1. The minimum atomic E-state index is -3.08. The molecule has 0 aliphatic carbocycles. The molecule has 0 N–H and O–H groups in total.